The molecular formula is C24H29FN2O4. The highest BCUT2D eigenvalue weighted by molar-refractivity contribution is 5.97. The normalized spacial score (nSPS) is 19.2. The number of hydrogen-bond acceptors (Lipinski definition) is 5. The summed E-state index contributed by atoms with van der Waals surface area (Å²) in [4.78, 5) is 28.9. The molecule has 0 radical (unpaired) electrons. The van der Waals surface area contributed by atoms with E-state index in [0.29, 0.717) is 36.7 Å². The predicted molar refractivity (Wildman–Crippen MR) is 116 cm³/mol. The molecule has 1 aliphatic heterocycles. The molecule has 1 fully saturated rings. The third kappa shape index (κ3) is 5.61. The van der Waals surface area contributed by atoms with Crippen LogP contribution in [0.4, 0.5) is 4.39 Å². The van der Waals surface area contributed by atoms with E-state index in [9.17, 15) is 14.0 Å². The van der Waals surface area contributed by atoms with Crippen molar-refractivity contribution in [2.45, 2.75) is 39.4 Å². The van der Waals surface area contributed by atoms with Gasteiger partial charge in [0.2, 0.25) is 0 Å². The lowest BCUT2D eigenvalue weighted by Gasteiger charge is -2.44. The number of ether oxygens (including phenoxy) is 2. The van der Waals surface area contributed by atoms with Gasteiger partial charge in [0.1, 0.15) is 17.3 Å². The third-order valence-corrected chi connectivity index (χ3v) is 5.65. The molecule has 0 bridgehead atoms. The molecule has 1 heterocycles. The summed E-state index contributed by atoms with van der Waals surface area (Å²) >= 11 is 0. The van der Waals surface area contributed by atoms with Crippen LogP contribution in [0, 0.1) is 5.82 Å². The summed E-state index contributed by atoms with van der Waals surface area (Å²) in [5, 5.41) is 0. The van der Waals surface area contributed by atoms with Gasteiger partial charge in [-0.25, -0.2) is 4.39 Å². The van der Waals surface area contributed by atoms with E-state index in [0.717, 1.165) is 5.56 Å². The van der Waals surface area contributed by atoms with Crippen molar-refractivity contribution in [3.8, 4) is 11.5 Å². The summed E-state index contributed by atoms with van der Waals surface area (Å²) in [5.41, 5.74) is 1.46. The van der Waals surface area contributed by atoms with Crippen molar-refractivity contribution in [1.82, 2.24) is 9.80 Å². The van der Waals surface area contributed by atoms with Crippen LogP contribution in [0.2, 0.25) is 0 Å². The minimum Gasteiger partial charge on any atom is -0.497 e. The smallest absolute Gasteiger partial charge is 0.260 e. The van der Waals surface area contributed by atoms with Gasteiger partial charge >= 0.3 is 0 Å². The van der Waals surface area contributed by atoms with Crippen LogP contribution >= 0.6 is 0 Å². The van der Waals surface area contributed by atoms with Gasteiger partial charge in [0, 0.05) is 37.8 Å². The second kappa shape index (κ2) is 9.92. The van der Waals surface area contributed by atoms with E-state index >= 15 is 0 Å². The Hall–Kier alpha value is -2.93. The SMILES string of the molecule is COc1ccc(C(C)=O)c(OCC(=O)N2C[C@H](C)N(Cc3ccc(F)cc3)C[C@H]2C)c1. The molecule has 166 valence electrons. The summed E-state index contributed by atoms with van der Waals surface area (Å²) in [6.45, 7) is 7.38. The monoisotopic (exact) mass is 428 g/mol. The number of rotatable bonds is 7. The first kappa shape index (κ1) is 22.7. The molecule has 3 rings (SSSR count). The Kier molecular flexibility index (Phi) is 7.28. The number of carbonyl (C=O) groups is 2. The minimum absolute atomic E-state index is 0.00494. The fourth-order valence-electron chi connectivity index (χ4n) is 3.85. The summed E-state index contributed by atoms with van der Waals surface area (Å²) in [6, 6.07) is 11.6. The number of methoxy groups -OCH3 is 1. The molecule has 1 saturated heterocycles. The average molecular weight is 429 g/mol. The summed E-state index contributed by atoms with van der Waals surface area (Å²) < 4.78 is 24.1. The molecule has 0 unspecified atom stereocenters. The highest BCUT2D eigenvalue weighted by Gasteiger charge is 2.32. The van der Waals surface area contributed by atoms with Gasteiger partial charge in [0.25, 0.3) is 5.91 Å². The highest BCUT2D eigenvalue weighted by atomic mass is 19.1. The molecule has 0 spiro atoms. The Bertz CT molecular complexity index is 932. The zero-order valence-electron chi connectivity index (χ0n) is 18.4. The average Bonchev–Trinajstić information content (AvgIpc) is 2.75. The number of Topliss-reactive ketones (excluding diaryl/α,β-unsaturated/α-hetero) is 1. The molecule has 31 heavy (non-hydrogen) atoms. The fraction of sp³-hybridized carbons (Fsp3) is 0.417. The lowest BCUT2D eigenvalue weighted by atomic mass is 10.1. The van der Waals surface area contributed by atoms with E-state index in [4.69, 9.17) is 9.47 Å². The molecule has 0 aromatic heterocycles. The topological polar surface area (TPSA) is 59.1 Å². The van der Waals surface area contributed by atoms with Crippen LogP contribution in [0.25, 0.3) is 0 Å². The van der Waals surface area contributed by atoms with Crippen LogP contribution in [0.3, 0.4) is 0 Å². The van der Waals surface area contributed by atoms with E-state index in [2.05, 4.69) is 11.8 Å². The summed E-state index contributed by atoms with van der Waals surface area (Å²) in [5.74, 6) is 0.392. The highest BCUT2D eigenvalue weighted by Crippen LogP contribution is 2.26. The van der Waals surface area contributed by atoms with Gasteiger partial charge < -0.3 is 14.4 Å². The number of carbonyl (C=O) groups excluding carboxylic acids is 2. The number of ketones is 1. The number of piperazine rings is 1. The molecule has 0 aliphatic carbocycles. The van der Waals surface area contributed by atoms with E-state index in [1.54, 1.807) is 30.3 Å². The Balaban J connectivity index is 1.62. The molecule has 6 nitrogen and oxygen atoms in total. The fourth-order valence-corrected chi connectivity index (χ4v) is 3.85. The first-order valence-electron chi connectivity index (χ1n) is 10.4. The Morgan fingerprint density at radius 2 is 1.77 bits per heavy atom. The predicted octanol–water partition coefficient (Wildman–Crippen LogP) is 3.54. The number of hydrogen-bond donors (Lipinski definition) is 0. The van der Waals surface area contributed by atoms with Crippen molar-refractivity contribution >= 4 is 11.7 Å². The van der Waals surface area contributed by atoms with Crippen molar-refractivity contribution in [1.29, 1.82) is 0 Å². The van der Waals surface area contributed by atoms with Gasteiger partial charge in [0.05, 0.1) is 12.7 Å². The van der Waals surface area contributed by atoms with Crippen molar-refractivity contribution in [2.75, 3.05) is 26.8 Å². The lowest BCUT2D eigenvalue weighted by molar-refractivity contribution is -0.139. The Labute approximate surface area is 182 Å². The van der Waals surface area contributed by atoms with Crippen LogP contribution in [0.15, 0.2) is 42.5 Å². The van der Waals surface area contributed by atoms with Gasteiger partial charge in [-0.2, -0.15) is 0 Å². The van der Waals surface area contributed by atoms with Crippen LogP contribution in [0.5, 0.6) is 11.5 Å². The van der Waals surface area contributed by atoms with Gasteiger partial charge in [-0.05, 0) is 50.6 Å². The van der Waals surface area contributed by atoms with E-state index in [-0.39, 0.29) is 36.2 Å². The van der Waals surface area contributed by atoms with Crippen molar-refractivity contribution in [2.24, 2.45) is 0 Å². The van der Waals surface area contributed by atoms with Gasteiger partial charge in [-0.1, -0.05) is 12.1 Å². The number of amides is 1. The Morgan fingerprint density at radius 1 is 1.06 bits per heavy atom. The van der Waals surface area contributed by atoms with Crippen LogP contribution in [-0.4, -0.2) is 60.4 Å². The maximum absolute atomic E-state index is 13.2. The molecule has 2 aromatic carbocycles. The molecule has 2 aromatic rings. The third-order valence-electron chi connectivity index (χ3n) is 5.65. The largest absolute Gasteiger partial charge is 0.497 e. The lowest BCUT2D eigenvalue weighted by Crippen LogP contribution is -2.58. The zero-order valence-corrected chi connectivity index (χ0v) is 18.4. The van der Waals surface area contributed by atoms with Gasteiger partial charge in [-0.3, -0.25) is 14.5 Å². The number of halogens is 1. The number of nitrogens with zero attached hydrogens (tertiary/aromatic N) is 2. The molecular weight excluding hydrogens is 399 g/mol. The molecule has 0 N–H and O–H groups in total. The van der Waals surface area contributed by atoms with Crippen molar-refractivity contribution < 1.29 is 23.5 Å². The zero-order chi connectivity index (χ0) is 22.5. The molecule has 1 aliphatic rings. The maximum atomic E-state index is 13.2. The van der Waals surface area contributed by atoms with Crippen LogP contribution < -0.4 is 9.47 Å². The second-order valence-corrected chi connectivity index (χ2v) is 8.01. The van der Waals surface area contributed by atoms with E-state index in [1.165, 1.54) is 26.2 Å². The van der Waals surface area contributed by atoms with E-state index < -0.39 is 0 Å². The molecule has 7 heteroatoms. The van der Waals surface area contributed by atoms with Crippen molar-refractivity contribution in [3.63, 3.8) is 0 Å². The minimum atomic E-state index is -0.246. The molecule has 0 saturated carbocycles. The van der Waals surface area contributed by atoms with Crippen LogP contribution in [-0.2, 0) is 11.3 Å². The van der Waals surface area contributed by atoms with Crippen LogP contribution in [0.1, 0.15) is 36.7 Å². The number of benzene rings is 2. The maximum Gasteiger partial charge on any atom is 0.260 e. The Morgan fingerprint density at radius 3 is 2.42 bits per heavy atom. The van der Waals surface area contributed by atoms with E-state index in [1.807, 2.05) is 11.8 Å². The molecule has 1 amide bonds. The van der Waals surface area contributed by atoms with Gasteiger partial charge in [0.15, 0.2) is 12.4 Å². The standard InChI is InChI=1S/C24H29FN2O4/c1-16-13-27(17(2)12-26(16)14-19-5-7-20(25)8-6-19)24(29)15-31-23-11-21(30-4)9-10-22(23)18(3)28/h5-11,16-17H,12-15H2,1-4H3/t16-,17+/m0/s1. The first-order valence-corrected chi connectivity index (χ1v) is 10.4. The first-order chi connectivity index (χ1) is 14.8. The summed E-state index contributed by atoms with van der Waals surface area (Å²) in [7, 11) is 1.53. The summed E-state index contributed by atoms with van der Waals surface area (Å²) in [6.07, 6.45) is 0. The van der Waals surface area contributed by atoms with Gasteiger partial charge in [-0.15, -0.1) is 0 Å². The van der Waals surface area contributed by atoms with Crippen molar-refractivity contribution in [3.05, 3.63) is 59.4 Å². The second-order valence-electron chi connectivity index (χ2n) is 8.01. The molecule has 2 atom stereocenters. The quantitative estimate of drug-likeness (QED) is 0.632.